The summed E-state index contributed by atoms with van der Waals surface area (Å²) in [7, 11) is 0. The number of nitrogens with zero attached hydrogens (tertiary/aromatic N) is 2. The third-order valence-electron chi connectivity index (χ3n) is 4.10. The maximum absolute atomic E-state index is 11.8. The van der Waals surface area contributed by atoms with E-state index >= 15 is 0 Å². The highest BCUT2D eigenvalue weighted by molar-refractivity contribution is 5.90. The molecule has 0 amide bonds. The van der Waals surface area contributed by atoms with Gasteiger partial charge in [-0.05, 0) is 43.9 Å². The Morgan fingerprint density at radius 2 is 2.00 bits per heavy atom. The second kappa shape index (κ2) is 6.25. The number of hydrogen-bond donors (Lipinski definition) is 0. The summed E-state index contributed by atoms with van der Waals surface area (Å²) < 4.78 is 2.31. The molecule has 1 heterocycles. The van der Waals surface area contributed by atoms with Crippen molar-refractivity contribution in [1.29, 1.82) is 0 Å². The van der Waals surface area contributed by atoms with Crippen LogP contribution < -0.4 is 0 Å². The summed E-state index contributed by atoms with van der Waals surface area (Å²) in [5, 5.41) is 0. The van der Waals surface area contributed by atoms with Crippen LogP contribution in [0.1, 0.15) is 44.9 Å². The van der Waals surface area contributed by atoms with Crippen LogP contribution in [0, 0.1) is 0 Å². The highest BCUT2D eigenvalue weighted by Crippen LogP contribution is 2.22. The molecule has 1 aliphatic rings. The Labute approximate surface area is 125 Å². The summed E-state index contributed by atoms with van der Waals surface area (Å²) in [6, 6.07) is 8.30. The van der Waals surface area contributed by atoms with Crippen molar-refractivity contribution in [3.63, 3.8) is 0 Å². The van der Waals surface area contributed by atoms with E-state index in [1.54, 1.807) is 0 Å². The maximum Gasteiger partial charge on any atom is 0.155 e. The largest absolute Gasteiger partial charge is 0.328 e. The van der Waals surface area contributed by atoms with Crippen LogP contribution in [0.25, 0.3) is 11.0 Å². The van der Waals surface area contributed by atoms with Crippen molar-refractivity contribution in [3.8, 4) is 0 Å². The zero-order valence-corrected chi connectivity index (χ0v) is 12.6. The lowest BCUT2D eigenvalue weighted by Gasteiger charge is -2.09. The second-order valence-corrected chi connectivity index (χ2v) is 5.82. The minimum atomic E-state index is 0.278. The van der Waals surface area contributed by atoms with Crippen LogP contribution in [0.2, 0.25) is 0 Å². The molecule has 0 aliphatic heterocycles. The van der Waals surface area contributed by atoms with E-state index in [0.29, 0.717) is 6.42 Å². The molecule has 0 bridgehead atoms. The van der Waals surface area contributed by atoms with Gasteiger partial charge in [0.1, 0.15) is 5.82 Å². The van der Waals surface area contributed by atoms with E-state index < -0.39 is 0 Å². The molecule has 3 heteroatoms. The Balaban J connectivity index is 1.95. The van der Waals surface area contributed by atoms with Crippen molar-refractivity contribution >= 4 is 16.8 Å². The number of fused-ring (bicyclic) bond motifs is 1. The molecule has 0 N–H and O–H groups in total. The number of carbonyl (C=O) groups excluding carboxylic acids is 1. The highest BCUT2D eigenvalue weighted by Gasteiger charge is 2.14. The fraction of sp³-hybridized carbons (Fsp3) is 0.444. The summed E-state index contributed by atoms with van der Waals surface area (Å²) in [5.41, 5.74) is 3.50. The predicted octanol–water partition coefficient (Wildman–Crippen LogP) is 4.06. The van der Waals surface area contributed by atoms with Crippen LogP contribution in [-0.2, 0) is 17.8 Å². The first-order valence-electron chi connectivity index (χ1n) is 7.94. The quantitative estimate of drug-likeness (QED) is 0.847. The molecule has 0 atom stereocenters. The van der Waals surface area contributed by atoms with Crippen LogP contribution in [0.5, 0.6) is 0 Å². The van der Waals surface area contributed by atoms with Crippen molar-refractivity contribution in [2.24, 2.45) is 0 Å². The SMILES string of the molecule is CCCn1c(CC2=CC(=O)CCCC2)nc2ccccc21. The molecule has 1 aromatic heterocycles. The van der Waals surface area contributed by atoms with E-state index in [9.17, 15) is 4.79 Å². The first-order chi connectivity index (χ1) is 10.3. The van der Waals surface area contributed by atoms with Crippen molar-refractivity contribution in [1.82, 2.24) is 9.55 Å². The first kappa shape index (κ1) is 14.1. The van der Waals surface area contributed by atoms with Crippen LogP contribution in [0.15, 0.2) is 35.9 Å². The van der Waals surface area contributed by atoms with Crippen molar-refractivity contribution in [3.05, 3.63) is 41.7 Å². The molecular weight excluding hydrogens is 260 g/mol. The molecule has 1 aromatic carbocycles. The minimum absolute atomic E-state index is 0.278. The minimum Gasteiger partial charge on any atom is -0.328 e. The molecule has 21 heavy (non-hydrogen) atoms. The van der Waals surface area contributed by atoms with Crippen LogP contribution in [0.4, 0.5) is 0 Å². The molecular formula is C18H22N2O. The molecule has 0 unspecified atom stereocenters. The predicted molar refractivity (Wildman–Crippen MR) is 85.3 cm³/mol. The molecule has 0 spiro atoms. The van der Waals surface area contributed by atoms with E-state index in [1.807, 2.05) is 12.1 Å². The number of hydrogen-bond acceptors (Lipinski definition) is 2. The number of aromatic nitrogens is 2. The number of rotatable bonds is 4. The molecule has 110 valence electrons. The maximum atomic E-state index is 11.8. The fourth-order valence-electron chi connectivity index (χ4n) is 3.10. The van der Waals surface area contributed by atoms with Gasteiger partial charge in [0.25, 0.3) is 0 Å². The molecule has 2 aromatic rings. The van der Waals surface area contributed by atoms with Crippen molar-refractivity contribution in [2.75, 3.05) is 0 Å². The van der Waals surface area contributed by atoms with Crippen LogP contribution in [-0.4, -0.2) is 15.3 Å². The number of benzene rings is 1. The third-order valence-corrected chi connectivity index (χ3v) is 4.10. The zero-order chi connectivity index (χ0) is 14.7. The van der Waals surface area contributed by atoms with Crippen molar-refractivity contribution < 1.29 is 4.79 Å². The third kappa shape index (κ3) is 3.07. The lowest BCUT2D eigenvalue weighted by molar-refractivity contribution is -0.114. The van der Waals surface area contributed by atoms with Gasteiger partial charge in [-0.3, -0.25) is 4.79 Å². The second-order valence-electron chi connectivity index (χ2n) is 5.82. The number of carbonyl (C=O) groups is 1. The number of allylic oxidation sites excluding steroid dienone is 2. The molecule has 0 saturated carbocycles. The lowest BCUT2D eigenvalue weighted by Crippen LogP contribution is -2.05. The Morgan fingerprint density at radius 3 is 2.86 bits per heavy atom. The Bertz CT molecular complexity index is 682. The van der Waals surface area contributed by atoms with Crippen molar-refractivity contribution in [2.45, 2.75) is 52.0 Å². The van der Waals surface area contributed by atoms with Gasteiger partial charge in [-0.2, -0.15) is 0 Å². The Morgan fingerprint density at radius 1 is 1.19 bits per heavy atom. The normalized spacial score (nSPS) is 16.0. The van der Waals surface area contributed by atoms with Gasteiger partial charge < -0.3 is 4.57 Å². The molecule has 3 nitrogen and oxygen atoms in total. The molecule has 1 aliphatic carbocycles. The fourth-order valence-corrected chi connectivity index (χ4v) is 3.10. The first-order valence-corrected chi connectivity index (χ1v) is 7.94. The highest BCUT2D eigenvalue weighted by atomic mass is 16.1. The Hall–Kier alpha value is -1.90. The number of aryl methyl sites for hydroxylation is 1. The number of imidazole rings is 1. The average Bonchev–Trinajstić information content (AvgIpc) is 2.67. The van der Waals surface area contributed by atoms with Gasteiger partial charge in [-0.1, -0.05) is 24.6 Å². The van der Waals surface area contributed by atoms with Crippen LogP contribution in [0.3, 0.4) is 0 Å². The van der Waals surface area contributed by atoms with E-state index in [0.717, 1.165) is 50.0 Å². The average molecular weight is 282 g/mol. The summed E-state index contributed by atoms with van der Waals surface area (Å²) in [6.45, 7) is 3.17. The van der Waals surface area contributed by atoms with Gasteiger partial charge in [-0.25, -0.2) is 4.98 Å². The van der Waals surface area contributed by atoms with E-state index in [2.05, 4.69) is 29.7 Å². The lowest BCUT2D eigenvalue weighted by atomic mass is 10.1. The summed E-state index contributed by atoms with van der Waals surface area (Å²) >= 11 is 0. The smallest absolute Gasteiger partial charge is 0.155 e. The van der Waals surface area contributed by atoms with E-state index in [1.165, 1.54) is 11.1 Å². The standard InChI is InChI=1S/C18H22N2O/c1-2-11-20-17-10-6-5-9-16(17)19-18(20)13-14-7-3-4-8-15(21)12-14/h5-6,9-10,12H,2-4,7-8,11,13H2,1H3. The molecule has 0 radical (unpaired) electrons. The topological polar surface area (TPSA) is 34.9 Å². The summed E-state index contributed by atoms with van der Waals surface area (Å²) in [6.07, 6.45) is 7.63. The molecule has 3 rings (SSSR count). The van der Waals surface area contributed by atoms with Gasteiger partial charge in [0, 0.05) is 19.4 Å². The molecule has 0 saturated heterocycles. The summed E-state index contributed by atoms with van der Waals surface area (Å²) in [5.74, 6) is 1.37. The Kier molecular flexibility index (Phi) is 4.18. The van der Waals surface area contributed by atoms with Gasteiger partial charge in [-0.15, -0.1) is 0 Å². The van der Waals surface area contributed by atoms with Gasteiger partial charge in [0.05, 0.1) is 11.0 Å². The van der Waals surface area contributed by atoms with Gasteiger partial charge >= 0.3 is 0 Å². The summed E-state index contributed by atoms with van der Waals surface area (Å²) in [4.78, 5) is 16.6. The number of ketones is 1. The van der Waals surface area contributed by atoms with E-state index in [4.69, 9.17) is 4.98 Å². The van der Waals surface area contributed by atoms with Crippen LogP contribution >= 0.6 is 0 Å². The van der Waals surface area contributed by atoms with Gasteiger partial charge in [0.2, 0.25) is 0 Å². The monoisotopic (exact) mass is 282 g/mol. The zero-order valence-electron chi connectivity index (χ0n) is 12.6. The van der Waals surface area contributed by atoms with E-state index in [-0.39, 0.29) is 5.78 Å². The van der Waals surface area contributed by atoms with Gasteiger partial charge in [0.15, 0.2) is 5.78 Å². The molecule has 0 fully saturated rings. The number of para-hydroxylation sites is 2.